The van der Waals surface area contributed by atoms with Crippen molar-refractivity contribution in [2.75, 3.05) is 39.6 Å². The van der Waals surface area contributed by atoms with Gasteiger partial charge < -0.3 is 33.8 Å². The molecule has 0 radical (unpaired) electrons. The minimum Gasteiger partial charge on any atom is -0.462 e. The highest BCUT2D eigenvalue weighted by molar-refractivity contribution is 7.47. The first-order chi connectivity index (χ1) is 48.9. The highest BCUT2D eigenvalue weighted by Gasteiger charge is 2.30. The van der Waals surface area contributed by atoms with Crippen molar-refractivity contribution in [3.8, 4) is 0 Å². The molecule has 17 nitrogen and oxygen atoms in total. The van der Waals surface area contributed by atoms with Gasteiger partial charge in [0.25, 0.3) is 0 Å². The molecule has 0 fully saturated rings. The predicted molar refractivity (Wildman–Crippen MR) is 414 cm³/mol. The smallest absolute Gasteiger partial charge is 0.462 e. The van der Waals surface area contributed by atoms with Gasteiger partial charge in [-0.25, -0.2) is 9.13 Å². The van der Waals surface area contributed by atoms with E-state index in [2.05, 4.69) is 41.5 Å². The standard InChI is InChI=1S/C82H160O17P2/c1-7-10-12-14-15-16-17-18-19-20-21-22-23-26-33-38-43-48-54-61-67-82(87)99-78(71-93-80(85)65-59-53-47-42-37-32-27-24-25-30-35-40-45-51-56-62-74(4)5)73-97-101(90,91)95-69-76(83)68-94-100(88,89)96-72-77(70-92-79(84)64-58-50-13-11-8-2)98-81(86)66-60-55-49-44-39-34-29-28-31-36-41-46-52-57-63-75(6)9-3/h74-78,83H,7-73H2,1-6H3,(H,88,89)(H,90,91)/t75?,76-,77+,78+/m0/s1. The number of phosphoric acid groups is 2. The number of aliphatic hydroxyl groups is 1. The van der Waals surface area contributed by atoms with Gasteiger partial charge in [-0.05, 0) is 37.5 Å². The number of carbonyl (C=O) groups is 4. The molecule has 0 saturated heterocycles. The molecule has 0 bridgehead atoms. The highest BCUT2D eigenvalue weighted by atomic mass is 31.2. The van der Waals surface area contributed by atoms with E-state index >= 15 is 0 Å². The summed E-state index contributed by atoms with van der Waals surface area (Å²) in [5.41, 5.74) is 0. The molecule has 0 spiro atoms. The lowest BCUT2D eigenvalue weighted by atomic mass is 9.99. The Labute approximate surface area is 619 Å². The first-order valence-corrected chi connectivity index (χ1v) is 45.5. The second kappa shape index (κ2) is 73.6. The lowest BCUT2D eigenvalue weighted by molar-refractivity contribution is -0.161. The summed E-state index contributed by atoms with van der Waals surface area (Å²) in [7, 11) is -9.91. The Kier molecular flexibility index (Phi) is 72.2. The number of hydrogen-bond acceptors (Lipinski definition) is 15. The van der Waals surface area contributed by atoms with E-state index in [0.717, 1.165) is 108 Å². The van der Waals surface area contributed by atoms with Crippen LogP contribution in [0.1, 0.15) is 433 Å². The molecule has 19 heteroatoms. The van der Waals surface area contributed by atoms with Gasteiger partial charge in [-0.15, -0.1) is 0 Å². The highest BCUT2D eigenvalue weighted by Crippen LogP contribution is 2.45. The SMILES string of the molecule is CCCCCCCCCCCCCCCCCCCCCCC(=O)O[C@H](COC(=O)CCCCCCCCCCCCCCCCCC(C)C)COP(=O)(O)OC[C@@H](O)COP(=O)(O)OC[C@@H](COC(=O)CCCCCCC)OC(=O)CCCCCCCCCCCCCCCCC(C)CC. The van der Waals surface area contributed by atoms with Crippen molar-refractivity contribution in [2.45, 2.75) is 452 Å². The van der Waals surface area contributed by atoms with Crippen LogP contribution in [0.3, 0.4) is 0 Å². The van der Waals surface area contributed by atoms with Crippen molar-refractivity contribution in [3.05, 3.63) is 0 Å². The molecule has 0 aliphatic carbocycles. The molecule has 0 aliphatic heterocycles. The van der Waals surface area contributed by atoms with Crippen molar-refractivity contribution in [3.63, 3.8) is 0 Å². The predicted octanol–water partition coefficient (Wildman–Crippen LogP) is 24.7. The van der Waals surface area contributed by atoms with Crippen molar-refractivity contribution in [1.82, 2.24) is 0 Å². The largest absolute Gasteiger partial charge is 0.472 e. The van der Waals surface area contributed by atoms with E-state index < -0.39 is 97.5 Å². The maximum absolute atomic E-state index is 13.1. The summed E-state index contributed by atoms with van der Waals surface area (Å²) in [6.07, 6.45) is 64.3. The Hall–Kier alpha value is -1.94. The number of hydrogen-bond donors (Lipinski definition) is 3. The minimum absolute atomic E-state index is 0.107. The van der Waals surface area contributed by atoms with Gasteiger partial charge >= 0.3 is 39.5 Å². The van der Waals surface area contributed by atoms with Crippen LogP contribution >= 0.6 is 15.6 Å². The fourth-order valence-corrected chi connectivity index (χ4v) is 14.3. The van der Waals surface area contributed by atoms with Crippen LogP contribution in [-0.2, 0) is 65.4 Å². The Bertz CT molecular complexity index is 1940. The first kappa shape index (κ1) is 99.1. The molecule has 6 atom stereocenters. The maximum Gasteiger partial charge on any atom is 0.472 e. The molecule has 0 saturated carbocycles. The van der Waals surface area contributed by atoms with E-state index in [0.29, 0.717) is 25.7 Å². The second-order valence-electron chi connectivity index (χ2n) is 30.2. The molecule has 0 aliphatic rings. The average molecular weight is 1480 g/mol. The monoisotopic (exact) mass is 1480 g/mol. The van der Waals surface area contributed by atoms with Crippen LogP contribution in [0.2, 0.25) is 0 Å². The summed E-state index contributed by atoms with van der Waals surface area (Å²) >= 11 is 0. The molecule has 0 rings (SSSR count). The number of esters is 4. The minimum atomic E-state index is -4.96. The molecular formula is C82H160O17P2. The second-order valence-corrected chi connectivity index (χ2v) is 33.1. The van der Waals surface area contributed by atoms with E-state index in [1.165, 1.54) is 244 Å². The third-order valence-electron chi connectivity index (χ3n) is 19.6. The van der Waals surface area contributed by atoms with Gasteiger partial charge in [0.2, 0.25) is 0 Å². The van der Waals surface area contributed by atoms with Crippen LogP contribution in [0.4, 0.5) is 0 Å². The molecule has 0 amide bonds. The summed E-state index contributed by atoms with van der Waals surface area (Å²) in [6, 6.07) is 0. The molecule has 101 heavy (non-hydrogen) atoms. The first-order valence-electron chi connectivity index (χ1n) is 42.5. The summed E-state index contributed by atoms with van der Waals surface area (Å²) in [6.45, 7) is 9.63. The summed E-state index contributed by atoms with van der Waals surface area (Å²) in [4.78, 5) is 72.8. The van der Waals surface area contributed by atoms with E-state index in [-0.39, 0.29) is 25.7 Å². The van der Waals surface area contributed by atoms with Crippen LogP contribution in [0, 0.1) is 11.8 Å². The van der Waals surface area contributed by atoms with Crippen LogP contribution < -0.4 is 0 Å². The van der Waals surface area contributed by atoms with E-state index in [9.17, 15) is 43.2 Å². The molecular weight excluding hydrogens is 1320 g/mol. The number of ether oxygens (including phenoxy) is 4. The maximum atomic E-state index is 13.1. The Morgan fingerprint density at radius 3 is 0.752 bits per heavy atom. The zero-order chi connectivity index (χ0) is 74.2. The van der Waals surface area contributed by atoms with Crippen molar-refractivity contribution < 1.29 is 80.2 Å². The topological polar surface area (TPSA) is 237 Å². The van der Waals surface area contributed by atoms with Gasteiger partial charge in [-0.3, -0.25) is 37.3 Å². The fourth-order valence-electron chi connectivity index (χ4n) is 12.7. The van der Waals surface area contributed by atoms with E-state index in [1.54, 1.807) is 0 Å². The number of unbranched alkanes of at least 4 members (excludes halogenated alkanes) is 50. The zero-order valence-corrected chi connectivity index (χ0v) is 68.0. The lowest BCUT2D eigenvalue weighted by Gasteiger charge is -2.21. The van der Waals surface area contributed by atoms with E-state index in [1.807, 2.05) is 0 Å². The zero-order valence-electron chi connectivity index (χ0n) is 66.2. The molecule has 3 unspecified atom stereocenters. The third kappa shape index (κ3) is 74.7. The quantitative estimate of drug-likeness (QED) is 0.0222. The van der Waals surface area contributed by atoms with Crippen LogP contribution in [0.25, 0.3) is 0 Å². The van der Waals surface area contributed by atoms with Crippen LogP contribution in [-0.4, -0.2) is 96.7 Å². The molecule has 0 heterocycles. The number of rotatable bonds is 81. The van der Waals surface area contributed by atoms with Gasteiger partial charge in [-0.2, -0.15) is 0 Å². The van der Waals surface area contributed by atoms with Gasteiger partial charge in [0.1, 0.15) is 19.3 Å². The fraction of sp³-hybridized carbons (Fsp3) is 0.951. The number of carbonyl (C=O) groups excluding carboxylic acids is 4. The molecule has 600 valence electrons. The Morgan fingerprint density at radius 2 is 0.505 bits per heavy atom. The van der Waals surface area contributed by atoms with Crippen molar-refractivity contribution >= 4 is 39.5 Å². The van der Waals surface area contributed by atoms with Crippen LogP contribution in [0.15, 0.2) is 0 Å². The summed E-state index contributed by atoms with van der Waals surface area (Å²) < 4.78 is 68.5. The van der Waals surface area contributed by atoms with E-state index in [4.69, 9.17) is 37.0 Å². The van der Waals surface area contributed by atoms with Crippen molar-refractivity contribution in [1.29, 1.82) is 0 Å². The molecule has 0 aromatic carbocycles. The lowest BCUT2D eigenvalue weighted by Crippen LogP contribution is -2.30. The third-order valence-corrected chi connectivity index (χ3v) is 21.5. The number of aliphatic hydroxyl groups excluding tert-OH is 1. The average Bonchev–Trinajstić information content (AvgIpc) is 0.979. The Balaban J connectivity index is 5.11. The van der Waals surface area contributed by atoms with Gasteiger partial charge in [-0.1, -0.05) is 382 Å². The Morgan fingerprint density at radius 1 is 0.287 bits per heavy atom. The van der Waals surface area contributed by atoms with Gasteiger partial charge in [0.05, 0.1) is 26.4 Å². The van der Waals surface area contributed by atoms with Gasteiger partial charge in [0.15, 0.2) is 12.2 Å². The molecule has 3 N–H and O–H groups in total. The molecule has 0 aromatic heterocycles. The molecule has 0 aromatic rings. The normalized spacial score (nSPS) is 14.2. The summed E-state index contributed by atoms with van der Waals surface area (Å²) in [5.74, 6) is -0.466. The summed E-state index contributed by atoms with van der Waals surface area (Å²) in [5, 5.41) is 10.6. The van der Waals surface area contributed by atoms with Crippen LogP contribution in [0.5, 0.6) is 0 Å². The van der Waals surface area contributed by atoms with Gasteiger partial charge in [0, 0.05) is 25.7 Å². The number of phosphoric ester groups is 2. The van der Waals surface area contributed by atoms with Crippen molar-refractivity contribution in [2.24, 2.45) is 11.8 Å².